The highest BCUT2D eigenvalue weighted by molar-refractivity contribution is 5.77. The Morgan fingerprint density at radius 1 is 0.462 bits per heavy atom. The molecule has 2 heteroatoms. The van der Waals surface area contributed by atoms with Gasteiger partial charge in [0.1, 0.15) is 0 Å². The molecule has 0 heterocycles. The fourth-order valence-electron chi connectivity index (χ4n) is 3.57. The van der Waals surface area contributed by atoms with E-state index in [1.165, 1.54) is 11.4 Å². The molecule has 0 spiro atoms. The first-order valence-electron chi connectivity index (χ1n) is 9.36. The lowest BCUT2D eigenvalue weighted by molar-refractivity contribution is 0.608. The Morgan fingerprint density at radius 3 is 1.19 bits per heavy atom. The van der Waals surface area contributed by atoms with Gasteiger partial charge < -0.3 is 9.80 Å². The summed E-state index contributed by atoms with van der Waals surface area (Å²) in [6.45, 7) is 8.98. The zero-order chi connectivity index (χ0) is 18.5. The van der Waals surface area contributed by atoms with Crippen LogP contribution in [0, 0.1) is 0 Å². The van der Waals surface area contributed by atoms with Gasteiger partial charge in [-0.15, -0.1) is 0 Å². The Hall–Kier alpha value is -2.74. The Labute approximate surface area is 157 Å². The molecule has 0 fully saturated rings. The Bertz CT molecular complexity index is 745. The molecule has 0 N–H and O–H groups in total. The third-order valence-corrected chi connectivity index (χ3v) is 4.55. The molecule has 0 bridgehead atoms. The Balaban J connectivity index is 2.00. The Morgan fingerprint density at radius 2 is 0.808 bits per heavy atom. The van der Waals surface area contributed by atoms with Gasteiger partial charge in [0.2, 0.25) is 0 Å². The van der Waals surface area contributed by atoms with Crippen LogP contribution in [-0.4, -0.2) is 12.1 Å². The van der Waals surface area contributed by atoms with Gasteiger partial charge in [-0.05, 0) is 76.2 Å². The molecular formula is C24H28N2. The molecule has 0 saturated carbocycles. The molecule has 0 aromatic heterocycles. The molecule has 0 amide bonds. The van der Waals surface area contributed by atoms with E-state index in [1.807, 2.05) is 0 Å². The summed E-state index contributed by atoms with van der Waals surface area (Å²) in [6, 6.07) is 30.9. The van der Waals surface area contributed by atoms with Gasteiger partial charge in [0, 0.05) is 34.8 Å². The summed E-state index contributed by atoms with van der Waals surface area (Å²) in [6.07, 6.45) is 0. The highest BCUT2D eigenvalue weighted by atomic mass is 15.2. The Kier molecular flexibility index (Phi) is 5.62. The second kappa shape index (κ2) is 8.09. The summed E-state index contributed by atoms with van der Waals surface area (Å²) < 4.78 is 0. The summed E-state index contributed by atoms with van der Waals surface area (Å²) in [5, 5.41) is 0. The minimum Gasteiger partial charge on any atom is -0.367 e. The van der Waals surface area contributed by atoms with Crippen molar-refractivity contribution in [2.24, 2.45) is 0 Å². The number of rotatable bonds is 6. The molecule has 0 atom stereocenters. The SMILES string of the molecule is CC(C)N(c1ccc(N(c2ccccc2)c2ccccc2)cc1)C(C)C. The van der Waals surface area contributed by atoms with Crippen molar-refractivity contribution >= 4 is 22.7 Å². The minimum atomic E-state index is 0.472. The van der Waals surface area contributed by atoms with Gasteiger partial charge in [0.25, 0.3) is 0 Å². The monoisotopic (exact) mass is 344 g/mol. The molecule has 0 saturated heterocycles. The lowest BCUT2D eigenvalue weighted by Gasteiger charge is -2.33. The van der Waals surface area contributed by atoms with Crippen LogP contribution >= 0.6 is 0 Å². The van der Waals surface area contributed by atoms with Crippen LogP contribution in [0.25, 0.3) is 0 Å². The molecule has 2 nitrogen and oxygen atoms in total. The van der Waals surface area contributed by atoms with Crippen molar-refractivity contribution in [2.45, 2.75) is 39.8 Å². The maximum atomic E-state index is 2.44. The van der Waals surface area contributed by atoms with E-state index < -0.39 is 0 Å². The lowest BCUT2D eigenvalue weighted by Crippen LogP contribution is -2.36. The van der Waals surface area contributed by atoms with Crippen LogP contribution in [0.2, 0.25) is 0 Å². The zero-order valence-corrected chi connectivity index (χ0v) is 16.1. The van der Waals surface area contributed by atoms with Crippen LogP contribution in [0.3, 0.4) is 0 Å². The second-order valence-corrected chi connectivity index (χ2v) is 7.12. The summed E-state index contributed by atoms with van der Waals surface area (Å²) in [4.78, 5) is 4.73. The van der Waals surface area contributed by atoms with E-state index in [1.54, 1.807) is 0 Å². The summed E-state index contributed by atoms with van der Waals surface area (Å²) in [7, 11) is 0. The van der Waals surface area contributed by atoms with Crippen molar-refractivity contribution in [1.29, 1.82) is 0 Å². The molecule has 0 aliphatic heterocycles. The highest BCUT2D eigenvalue weighted by Gasteiger charge is 2.16. The van der Waals surface area contributed by atoms with Crippen LogP contribution in [0.1, 0.15) is 27.7 Å². The predicted octanol–water partition coefficient (Wildman–Crippen LogP) is 6.78. The van der Waals surface area contributed by atoms with Gasteiger partial charge in [-0.25, -0.2) is 0 Å². The van der Waals surface area contributed by atoms with Gasteiger partial charge in [-0.1, -0.05) is 36.4 Å². The van der Waals surface area contributed by atoms with Gasteiger partial charge in [0.15, 0.2) is 0 Å². The number of para-hydroxylation sites is 2. The van der Waals surface area contributed by atoms with Crippen molar-refractivity contribution in [3.63, 3.8) is 0 Å². The van der Waals surface area contributed by atoms with Gasteiger partial charge >= 0.3 is 0 Å². The van der Waals surface area contributed by atoms with E-state index in [0.29, 0.717) is 12.1 Å². The smallest absolute Gasteiger partial charge is 0.0463 e. The van der Waals surface area contributed by atoms with E-state index in [0.717, 1.165) is 11.4 Å². The van der Waals surface area contributed by atoms with E-state index in [2.05, 4.69) is 122 Å². The highest BCUT2D eigenvalue weighted by Crippen LogP contribution is 2.35. The van der Waals surface area contributed by atoms with Crippen molar-refractivity contribution in [3.05, 3.63) is 84.9 Å². The first-order chi connectivity index (χ1) is 12.6. The van der Waals surface area contributed by atoms with E-state index in [4.69, 9.17) is 0 Å². The summed E-state index contributed by atoms with van der Waals surface area (Å²) >= 11 is 0. The van der Waals surface area contributed by atoms with Crippen molar-refractivity contribution in [3.8, 4) is 0 Å². The van der Waals surface area contributed by atoms with Crippen molar-refractivity contribution in [1.82, 2.24) is 0 Å². The van der Waals surface area contributed by atoms with Gasteiger partial charge in [0.05, 0.1) is 0 Å². The standard InChI is InChI=1S/C24H28N2/c1-19(2)25(20(3)4)23-15-17-24(18-16-23)26(21-11-7-5-8-12-21)22-13-9-6-10-14-22/h5-20H,1-4H3. The number of hydrogen-bond donors (Lipinski definition) is 0. The predicted molar refractivity (Wildman–Crippen MR) is 114 cm³/mol. The van der Waals surface area contributed by atoms with Crippen molar-refractivity contribution in [2.75, 3.05) is 9.80 Å². The molecule has 3 aromatic carbocycles. The molecule has 134 valence electrons. The van der Waals surface area contributed by atoms with Crippen LogP contribution in [0.5, 0.6) is 0 Å². The van der Waals surface area contributed by atoms with Crippen LogP contribution < -0.4 is 9.80 Å². The quantitative estimate of drug-likeness (QED) is 0.486. The first-order valence-corrected chi connectivity index (χ1v) is 9.36. The summed E-state index contributed by atoms with van der Waals surface area (Å²) in [5.41, 5.74) is 4.76. The van der Waals surface area contributed by atoms with E-state index in [-0.39, 0.29) is 0 Å². The van der Waals surface area contributed by atoms with Crippen LogP contribution in [0.15, 0.2) is 84.9 Å². The topological polar surface area (TPSA) is 6.48 Å². The maximum Gasteiger partial charge on any atom is 0.0463 e. The number of anilines is 4. The van der Waals surface area contributed by atoms with Crippen LogP contribution in [0.4, 0.5) is 22.7 Å². The fourth-order valence-corrected chi connectivity index (χ4v) is 3.57. The first kappa shape index (κ1) is 18.1. The largest absolute Gasteiger partial charge is 0.367 e. The molecule has 0 aliphatic rings. The maximum absolute atomic E-state index is 2.44. The third-order valence-electron chi connectivity index (χ3n) is 4.55. The van der Waals surface area contributed by atoms with Crippen molar-refractivity contribution < 1.29 is 0 Å². The van der Waals surface area contributed by atoms with Gasteiger partial charge in [-0.3, -0.25) is 0 Å². The number of hydrogen-bond acceptors (Lipinski definition) is 2. The molecule has 0 unspecified atom stereocenters. The van der Waals surface area contributed by atoms with E-state index >= 15 is 0 Å². The molecule has 0 aliphatic carbocycles. The molecular weight excluding hydrogens is 316 g/mol. The lowest BCUT2D eigenvalue weighted by atomic mass is 10.1. The average Bonchev–Trinajstić information content (AvgIpc) is 2.64. The second-order valence-electron chi connectivity index (χ2n) is 7.12. The molecule has 26 heavy (non-hydrogen) atoms. The van der Waals surface area contributed by atoms with Gasteiger partial charge in [-0.2, -0.15) is 0 Å². The fraction of sp³-hybridized carbons (Fsp3) is 0.250. The van der Waals surface area contributed by atoms with E-state index in [9.17, 15) is 0 Å². The number of nitrogens with zero attached hydrogens (tertiary/aromatic N) is 2. The molecule has 0 radical (unpaired) electrons. The molecule has 3 rings (SSSR count). The molecule has 3 aromatic rings. The van der Waals surface area contributed by atoms with Crippen LogP contribution in [-0.2, 0) is 0 Å². The third kappa shape index (κ3) is 3.91. The average molecular weight is 345 g/mol. The minimum absolute atomic E-state index is 0.472. The zero-order valence-electron chi connectivity index (χ0n) is 16.1. The number of benzene rings is 3. The summed E-state index contributed by atoms with van der Waals surface area (Å²) in [5.74, 6) is 0. The normalized spacial score (nSPS) is 11.0.